The van der Waals surface area contributed by atoms with E-state index >= 15 is 0 Å². The lowest BCUT2D eigenvalue weighted by Gasteiger charge is -2.30. The third-order valence-corrected chi connectivity index (χ3v) is 5.90. The monoisotopic (exact) mass is 430 g/mol. The van der Waals surface area contributed by atoms with Gasteiger partial charge in [-0.25, -0.2) is 14.1 Å². The van der Waals surface area contributed by atoms with Crippen molar-refractivity contribution < 1.29 is 14.0 Å². The Bertz CT molecular complexity index is 1280. The van der Waals surface area contributed by atoms with Crippen molar-refractivity contribution in [3.05, 3.63) is 59.2 Å². The first-order valence-corrected chi connectivity index (χ1v) is 10.4. The first-order valence-electron chi connectivity index (χ1n) is 10.4. The lowest BCUT2D eigenvalue weighted by Crippen LogP contribution is -2.36. The third-order valence-electron chi connectivity index (χ3n) is 5.90. The molecule has 0 saturated carbocycles. The fourth-order valence-corrected chi connectivity index (χ4v) is 4.34. The Labute approximate surface area is 183 Å². The number of hydrogen-bond acceptors (Lipinski definition) is 6. The summed E-state index contributed by atoms with van der Waals surface area (Å²) in [6, 6.07) is 9.71. The van der Waals surface area contributed by atoms with E-state index in [1.807, 2.05) is 17.0 Å². The van der Waals surface area contributed by atoms with Crippen LogP contribution in [0.3, 0.4) is 0 Å². The lowest BCUT2D eigenvalue weighted by atomic mass is 10.00. The molecule has 2 aliphatic heterocycles. The van der Waals surface area contributed by atoms with E-state index in [1.165, 1.54) is 18.2 Å². The van der Waals surface area contributed by atoms with E-state index in [2.05, 4.69) is 15.4 Å². The number of rotatable bonds is 4. The topological polar surface area (TPSA) is 104 Å². The standard InChI is InChI=1S/C23H19FN6O2/c24-16-5-1-4-15(10-25)21(16)17-9-19(22-18(27-17)11-26-23(22)32)30-8-6-20(28-30)29-7-2-3-14(12-29)13-31/h1,4-6,8-9,13-14H,2-3,7,11-12H2,(H,26,32). The SMILES string of the molecule is N#Cc1cccc(F)c1-c1cc(-n2ccc(N3CCCC(C=O)C3)n2)c2c(n1)CNC2=O. The normalized spacial score (nSPS) is 17.6. The number of nitrogens with one attached hydrogen (secondary N) is 1. The summed E-state index contributed by atoms with van der Waals surface area (Å²) < 4.78 is 16.2. The number of piperidine rings is 1. The fraction of sp³-hybridized carbons (Fsp3) is 0.261. The van der Waals surface area contributed by atoms with Crippen LogP contribution in [0.4, 0.5) is 10.2 Å². The first kappa shape index (κ1) is 19.9. The van der Waals surface area contributed by atoms with Crippen molar-refractivity contribution in [1.29, 1.82) is 5.26 Å². The molecule has 160 valence electrons. The molecule has 1 saturated heterocycles. The molecule has 1 unspecified atom stereocenters. The van der Waals surface area contributed by atoms with E-state index in [4.69, 9.17) is 0 Å². The van der Waals surface area contributed by atoms with Gasteiger partial charge in [0.05, 0.1) is 46.4 Å². The van der Waals surface area contributed by atoms with Crippen LogP contribution in [0.1, 0.15) is 34.5 Å². The Hall–Kier alpha value is -4.06. The highest BCUT2D eigenvalue weighted by Crippen LogP contribution is 2.32. The second-order valence-electron chi connectivity index (χ2n) is 7.91. The maximum Gasteiger partial charge on any atom is 0.255 e. The summed E-state index contributed by atoms with van der Waals surface area (Å²) in [6.45, 7) is 1.61. The molecule has 0 aliphatic carbocycles. The minimum atomic E-state index is -0.561. The van der Waals surface area contributed by atoms with E-state index in [0.717, 1.165) is 25.7 Å². The zero-order valence-corrected chi connectivity index (χ0v) is 17.1. The Kier molecular flexibility index (Phi) is 4.90. The van der Waals surface area contributed by atoms with Gasteiger partial charge in [0.1, 0.15) is 12.1 Å². The van der Waals surface area contributed by atoms with Crippen LogP contribution < -0.4 is 10.2 Å². The molecular weight excluding hydrogens is 411 g/mol. The number of benzene rings is 1. The van der Waals surface area contributed by atoms with Crippen molar-refractivity contribution in [2.45, 2.75) is 19.4 Å². The molecule has 9 heteroatoms. The molecule has 0 radical (unpaired) electrons. The highest BCUT2D eigenvalue weighted by atomic mass is 19.1. The summed E-state index contributed by atoms with van der Waals surface area (Å²) in [5, 5.41) is 16.9. The molecule has 4 heterocycles. The predicted octanol–water partition coefficient (Wildman–Crippen LogP) is 2.60. The van der Waals surface area contributed by atoms with Gasteiger partial charge in [0, 0.05) is 31.3 Å². The Morgan fingerprint density at radius 1 is 1.28 bits per heavy atom. The summed E-state index contributed by atoms with van der Waals surface area (Å²) in [5.74, 6) is -0.166. The number of fused-ring (bicyclic) bond motifs is 1. The van der Waals surface area contributed by atoms with Crippen molar-refractivity contribution >= 4 is 18.0 Å². The maximum atomic E-state index is 14.7. The summed E-state index contributed by atoms with van der Waals surface area (Å²) in [5.41, 5.74) is 1.84. The van der Waals surface area contributed by atoms with Crippen molar-refractivity contribution in [2.75, 3.05) is 18.0 Å². The Morgan fingerprint density at radius 2 is 2.16 bits per heavy atom. The van der Waals surface area contributed by atoms with Crippen molar-refractivity contribution in [2.24, 2.45) is 5.92 Å². The van der Waals surface area contributed by atoms with Gasteiger partial charge < -0.3 is 15.0 Å². The molecule has 3 aromatic rings. The average molecular weight is 430 g/mol. The second kappa shape index (κ2) is 7.89. The van der Waals surface area contributed by atoms with Gasteiger partial charge in [-0.15, -0.1) is 0 Å². The van der Waals surface area contributed by atoms with E-state index in [1.54, 1.807) is 16.9 Å². The predicted molar refractivity (Wildman–Crippen MR) is 114 cm³/mol. The van der Waals surface area contributed by atoms with Gasteiger partial charge in [-0.1, -0.05) is 6.07 Å². The highest BCUT2D eigenvalue weighted by Gasteiger charge is 2.28. The fourth-order valence-electron chi connectivity index (χ4n) is 4.34. The molecule has 32 heavy (non-hydrogen) atoms. The van der Waals surface area contributed by atoms with Crippen molar-refractivity contribution in [3.8, 4) is 23.0 Å². The van der Waals surface area contributed by atoms with Gasteiger partial charge in [-0.2, -0.15) is 10.4 Å². The summed E-state index contributed by atoms with van der Waals surface area (Å²) >= 11 is 0. The van der Waals surface area contributed by atoms with Gasteiger partial charge in [0.15, 0.2) is 5.82 Å². The third kappa shape index (κ3) is 3.30. The van der Waals surface area contributed by atoms with Crippen LogP contribution in [0, 0.1) is 23.1 Å². The number of anilines is 1. The molecule has 8 nitrogen and oxygen atoms in total. The summed E-state index contributed by atoms with van der Waals surface area (Å²) in [6.07, 6.45) is 4.48. The Balaban J connectivity index is 1.61. The molecule has 5 rings (SSSR count). The van der Waals surface area contributed by atoms with Gasteiger partial charge in [-0.05, 0) is 31.0 Å². The van der Waals surface area contributed by atoms with Crippen LogP contribution in [0.25, 0.3) is 16.9 Å². The lowest BCUT2D eigenvalue weighted by molar-refractivity contribution is -0.111. The molecule has 1 aromatic carbocycles. The molecule has 1 atom stereocenters. The number of carbonyl (C=O) groups excluding carboxylic acids is 2. The minimum absolute atomic E-state index is 0.0260. The quantitative estimate of drug-likeness (QED) is 0.638. The van der Waals surface area contributed by atoms with Crippen molar-refractivity contribution in [1.82, 2.24) is 20.1 Å². The van der Waals surface area contributed by atoms with Crippen LogP contribution in [0.15, 0.2) is 36.5 Å². The number of halogens is 1. The molecular formula is C23H19FN6O2. The number of hydrogen-bond donors (Lipinski definition) is 1. The number of aromatic nitrogens is 3. The van der Waals surface area contributed by atoms with Crippen LogP contribution in [0.5, 0.6) is 0 Å². The molecule has 1 fully saturated rings. The van der Waals surface area contributed by atoms with Crippen LogP contribution in [-0.2, 0) is 11.3 Å². The molecule has 0 spiro atoms. The summed E-state index contributed by atoms with van der Waals surface area (Å²) in [4.78, 5) is 30.3. The number of carbonyl (C=O) groups is 2. The number of aldehydes is 1. The van der Waals surface area contributed by atoms with Gasteiger partial charge >= 0.3 is 0 Å². The van der Waals surface area contributed by atoms with E-state index in [0.29, 0.717) is 29.3 Å². The van der Waals surface area contributed by atoms with Gasteiger partial charge in [-0.3, -0.25) is 4.79 Å². The first-order chi connectivity index (χ1) is 15.6. The molecule has 1 N–H and O–H groups in total. The van der Waals surface area contributed by atoms with Gasteiger partial charge in [0.2, 0.25) is 0 Å². The number of amides is 1. The van der Waals surface area contributed by atoms with E-state index < -0.39 is 5.82 Å². The molecule has 1 amide bonds. The van der Waals surface area contributed by atoms with Crippen LogP contribution in [-0.4, -0.2) is 40.0 Å². The number of nitriles is 1. The zero-order chi connectivity index (χ0) is 22.2. The maximum absolute atomic E-state index is 14.7. The molecule has 2 aliphatic rings. The minimum Gasteiger partial charge on any atom is -0.354 e. The Morgan fingerprint density at radius 3 is 2.97 bits per heavy atom. The largest absolute Gasteiger partial charge is 0.354 e. The second-order valence-corrected chi connectivity index (χ2v) is 7.91. The number of nitrogens with zero attached hydrogens (tertiary/aromatic N) is 5. The van der Waals surface area contributed by atoms with Gasteiger partial charge in [0.25, 0.3) is 5.91 Å². The zero-order valence-electron chi connectivity index (χ0n) is 17.1. The smallest absolute Gasteiger partial charge is 0.255 e. The van der Waals surface area contributed by atoms with E-state index in [9.17, 15) is 19.2 Å². The van der Waals surface area contributed by atoms with Crippen LogP contribution >= 0.6 is 0 Å². The average Bonchev–Trinajstić information content (AvgIpc) is 3.46. The summed E-state index contributed by atoms with van der Waals surface area (Å²) in [7, 11) is 0. The molecule has 0 bridgehead atoms. The van der Waals surface area contributed by atoms with Crippen molar-refractivity contribution in [3.63, 3.8) is 0 Å². The van der Waals surface area contributed by atoms with Crippen LogP contribution in [0.2, 0.25) is 0 Å². The van der Waals surface area contributed by atoms with E-state index in [-0.39, 0.29) is 35.2 Å². The highest BCUT2D eigenvalue weighted by molar-refractivity contribution is 6.01. The number of pyridine rings is 1. The molecule has 2 aromatic heterocycles.